The lowest BCUT2D eigenvalue weighted by Gasteiger charge is -2.39. The number of rotatable bonds is 6. The van der Waals surface area contributed by atoms with E-state index in [1.807, 2.05) is 42.5 Å². The summed E-state index contributed by atoms with van der Waals surface area (Å²) in [6.45, 7) is 2.98. The summed E-state index contributed by atoms with van der Waals surface area (Å²) in [6.07, 6.45) is 1.01. The molecule has 2 aliphatic heterocycles. The number of aromatic hydroxyl groups is 1. The van der Waals surface area contributed by atoms with Crippen molar-refractivity contribution in [3.05, 3.63) is 83.4 Å². The van der Waals surface area contributed by atoms with Gasteiger partial charge < -0.3 is 34.3 Å². The molecule has 10 nitrogen and oxygen atoms in total. The molecule has 2 aliphatic rings. The largest absolute Gasteiger partial charge is 0.508 e. The van der Waals surface area contributed by atoms with E-state index in [-0.39, 0.29) is 30.2 Å². The van der Waals surface area contributed by atoms with Gasteiger partial charge in [-0.15, -0.1) is 0 Å². The van der Waals surface area contributed by atoms with Crippen LogP contribution in [0.2, 0.25) is 0 Å². The molecule has 2 N–H and O–H groups in total. The van der Waals surface area contributed by atoms with E-state index in [2.05, 4.69) is 10.2 Å². The molecule has 2 atom stereocenters. The van der Waals surface area contributed by atoms with Gasteiger partial charge in [-0.3, -0.25) is 14.5 Å². The van der Waals surface area contributed by atoms with Gasteiger partial charge in [0.15, 0.2) is 11.5 Å². The minimum Gasteiger partial charge on any atom is -0.508 e. The molecule has 0 radical (unpaired) electrons. The third-order valence-corrected chi connectivity index (χ3v) is 7.69. The first-order valence-electron chi connectivity index (χ1n) is 14.6. The number of ether oxygens (including phenoxy) is 4. The molecule has 0 spiro atoms. The SMILES string of the molecule is COCCCN1CC(=O)N[C@H]2CN(C(=O)c3cccc(O)c3)CC[C@H]2OCc2cccc(c2)Oc2cc(ccc2OC)C1. The number of fused-ring (bicyclic) bond motifs is 5. The Hall–Kier alpha value is -4.12. The molecule has 10 heteroatoms. The zero-order chi connectivity index (χ0) is 30.2. The van der Waals surface area contributed by atoms with Gasteiger partial charge in [0.05, 0.1) is 32.4 Å². The van der Waals surface area contributed by atoms with Crippen molar-refractivity contribution in [2.45, 2.75) is 38.1 Å². The first kappa shape index (κ1) is 30.3. The van der Waals surface area contributed by atoms with Crippen molar-refractivity contribution in [1.29, 1.82) is 0 Å². The number of hydrogen-bond donors (Lipinski definition) is 2. The fourth-order valence-electron chi connectivity index (χ4n) is 5.56. The molecule has 0 unspecified atom stereocenters. The second-order valence-corrected chi connectivity index (χ2v) is 10.9. The molecule has 4 bridgehead atoms. The van der Waals surface area contributed by atoms with Crippen molar-refractivity contribution in [1.82, 2.24) is 15.1 Å². The van der Waals surface area contributed by atoms with Crippen molar-refractivity contribution in [2.75, 3.05) is 47.0 Å². The standard InChI is InChI=1S/C33H39N3O7/c1-40-15-5-13-35-19-23-10-11-30(41-2)31(17-23)43-27-9-3-6-24(16-27)22-42-29-12-14-36(20-28(29)34-32(38)21-35)33(39)25-7-4-8-26(37)18-25/h3-4,6-11,16-18,28-29,37H,5,12-15,19-22H2,1-2H3,(H,34,38)/t28-,29+/m0/s1. The average Bonchev–Trinajstić information content (AvgIpc) is 3.00. The maximum Gasteiger partial charge on any atom is 0.254 e. The maximum atomic E-state index is 13.5. The van der Waals surface area contributed by atoms with Crippen LogP contribution in [-0.4, -0.2) is 85.9 Å². The Labute approximate surface area is 252 Å². The van der Waals surface area contributed by atoms with E-state index in [1.165, 1.54) is 12.1 Å². The Morgan fingerprint density at radius 3 is 2.72 bits per heavy atom. The van der Waals surface area contributed by atoms with Gasteiger partial charge in [-0.25, -0.2) is 0 Å². The third kappa shape index (κ3) is 8.04. The minimum atomic E-state index is -0.414. The van der Waals surface area contributed by atoms with Gasteiger partial charge in [0.25, 0.3) is 5.91 Å². The van der Waals surface area contributed by atoms with E-state index in [4.69, 9.17) is 18.9 Å². The molecule has 228 valence electrons. The molecule has 0 aliphatic carbocycles. The number of amides is 2. The van der Waals surface area contributed by atoms with Gasteiger partial charge in [-0.05, 0) is 66.4 Å². The predicted molar refractivity (Wildman–Crippen MR) is 160 cm³/mol. The fraction of sp³-hybridized carbons (Fsp3) is 0.394. The van der Waals surface area contributed by atoms with E-state index in [0.717, 1.165) is 17.5 Å². The number of methoxy groups -OCH3 is 2. The topological polar surface area (TPSA) is 110 Å². The average molecular weight is 590 g/mol. The lowest BCUT2D eigenvalue weighted by atomic mass is 10.0. The molecule has 1 fully saturated rings. The highest BCUT2D eigenvalue weighted by Gasteiger charge is 2.34. The summed E-state index contributed by atoms with van der Waals surface area (Å²) in [5, 5.41) is 13.1. The summed E-state index contributed by atoms with van der Waals surface area (Å²) < 4.78 is 23.5. The normalized spacial score (nSPS) is 19.6. The van der Waals surface area contributed by atoms with Crippen LogP contribution < -0.4 is 14.8 Å². The summed E-state index contributed by atoms with van der Waals surface area (Å²) in [7, 11) is 3.27. The fourth-order valence-corrected chi connectivity index (χ4v) is 5.56. The van der Waals surface area contributed by atoms with Gasteiger partial charge in [-0.1, -0.05) is 24.3 Å². The number of carbonyl (C=O) groups is 2. The zero-order valence-corrected chi connectivity index (χ0v) is 24.7. The first-order valence-corrected chi connectivity index (χ1v) is 14.6. The monoisotopic (exact) mass is 589 g/mol. The summed E-state index contributed by atoms with van der Waals surface area (Å²) in [4.78, 5) is 30.6. The highest BCUT2D eigenvalue weighted by atomic mass is 16.5. The third-order valence-electron chi connectivity index (χ3n) is 7.69. The van der Waals surface area contributed by atoms with Crippen LogP contribution in [0.25, 0.3) is 0 Å². The number of benzene rings is 3. The molecule has 2 heterocycles. The molecule has 1 saturated heterocycles. The molecular formula is C33H39N3O7. The number of piperidine rings is 1. The van der Waals surface area contributed by atoms with Crippen molar-refractivity contribution >= 4 is 11.8 Å². The van der Waals surface area contributed by atoms with Gasteiger partial charge in [0.2, 0.25) is 5.91 Å². The summed E-state index contributed by atoms with van der Waals surface area (Å²) >= 11 is 0. The summed E-state index contributed by atoms with van der Waals surface area (Å²) in [6, 6.07) is 19.4. The van der Waals surface area contributed by atoms with Gasteiger partial charge in [0, 0.05) is 45.5 Å². The number of phenols is 1. The van der Waals surface area contributed by atoms with Crippen molar-refractivity contribution in [3.63, 3.8) is 0 Å². The molecule has 0 saturated carbocycles. The Kier molecular flexibility index (Phi) is 10.1. The van der Waals surface area contributed by atoms with Gasteiger partial charge >= 0.3 is 0 Å². The van der Waals surface area contributed by atoms with Crippen LogP contribution >= 0.6 is 0 Å². The van der Waals surface area contributed by atoms with Crippen LogP contribution in [0.15, 0.2) is 66.7 Å². The highest BCUT2D eigenvalue weighted by molar-refractivity contribution is 5.94. The lowest BCUT2D eigenvalue weighted by Crippen LogP contribution is -2.58. The minimum absolute atomic E-state index is 0.0332. The molecule has 0 aromatic heterocycles. The molecule has 2 amide bonds. The van der Waals surface area contributed by atoms with Crippen LogP contribution in [0.5, 0.6) is 23.0 Å². The second kappa shape index (κ2) is 14.4. The van der Waals surface area contributed by atoms with Crippen molar-refractivity contribution < 1.29 is 33.6 Å². The van der Waals surface area contributed by atoms with E-state index in [9.17, 15) is 14.7 Å². The van der Waals surface area contributed by atoms with Crippen LogP contribution in [-0.2, 0) is 27.4 Å². The number of likely N-dealkylation sites (tertiary alicyclic amines) is 1. The summed E-state index contributed by atoms with van der Waals surface area (Å²) in [5.74, 6) is 1.56. The van der Waals surface area contributed by atoms with E-state index >= 15 is 0 Å². The Bertz CT molecular complexity index is 1410. The van der Waals surface area contributed by atoms with E-state index in [1.54, 1.807) is 31.3 Å². The number of nitrogens with zero attached hydrogens (tertiary/aromatic N) is 2. The van der Waals surface area contributed by atoms with Crippen LogP contribution in [0.4, 0.5) is 0 Å². The Morgan fingerprint density at radius 1 is 1.05 bits per heavy atom. The molecule has 43 heavy (non-hydrogen) atoms. The number of carbonyl (C=O) groups excluding carboxylic acids is 2. The first-order chi connectivity index (χ1) is 20.9. The quantitative estimate of drug-likeness (QED) is 0.416. The zero-order valence-electron chi connectivity index (χ0n) is 24.7. The van der Waals surface area contributed by atoms with Crippen molar-refractivity contribution in [3.8, 4) is 23.0 Å². The van der Waals surface area contributed by atoms with Crippen LogP contribution in [0.3, 0.4) is 0 Å². The highest BCUT2D eigenvalue weighted by Crippen LogP contribution is 2.33. The van der Waals surface area contributed by atoms with Gasteiger partial charge in [-0.2, -0.15) is 0 Å². The van der Waals surface area contributed by atoms with E-state index in [0.29, 0.717) is 68.6 Å². The van der Waals surface area contributed by atoms with Crippen LogP contribution in [0, 0.1) is 0 Å². The van der Waals surface area contributed by atoms with E-state index < -0.39 is 6.04 Å². The van der Waals surface area contributed by atoms with Gasteiger partial charge in [0.1, 0.15) is 11.5 Å². The van der Waals surface area contributed by atoms with Crippen molar-refractivity contribution in [2.24, 2.45) is 0 Å². The molecule has 3 aromatic rings. The number of hydrogen-bond acceptors (Lipinski definition) is 8. The Balaban J connectivity index is 1.41. The van der Waals surface area contributed by atoms with Crippen LogP contribution in [0.1, 0.15) is 34.3 Å². The summed E-state index contributed by atoms with van der Waals surface area (Å²) in [5.41, 5.74) is 2.30. The smallest absolute Gasteiger partial charge is 0.254 e. The lowest BCUT2D eigenvalue weighted by molar-refractivity contribution is -0.125. The Morgan fingerprint density at radius 2 is 1.91 bits per heavy atom. The number of phenolic OH excluding ortho intramolecular Hbond substituents is 1. The molecule has 5 rings (SSSR count). The number of nitrogens with one attached hydrogen (secondary N) is 1. The molecular weight excluding hydrogens is 550 g/mol. The maximum absolute atomic E-state index is 13.5. The molecule has 3 aromatic carbocycles. The second-order valence-electron chi connectivity index (χ2n) is 10.9. The predicted octanol–water partition coefficient (Wildman–Crippen LogP) is 3.96.